The van der Waals surface area contributed by atoms with Crippen LogP contribution in [0.1, 0.15) is 16.8 Å². The first kappa shape index (κ1) is 17.1. The van der Waals surface area contributed by atoms with Crippen LogP contribution < -0.4 is 10.1 Å². The number of hydrogen-bond acceptors (Lipinski definition) is 3. The number of alkyl halides is 3. The van der Waals surface area contributed by atoms with Crippen molar-refractivity contribution < 1.29 is 32.6 Å². The maximum absolute atomic E-state index is 12.3. The highest BCUT2D eigenvalue weighted by Crippen LogP contribution is 2.24. The Balaban J connectivity index is 2.97. The fourth-order valence-electron chi connectivity index (χ4n) is 1.53. The van der Waals surface area contributed by atoms with E-state index in [0.29, 0.717) is 0 Å². The van der Waals surface area contributed by atoms with E-state index in [0.717, 1.165) is 0 Å². The minimum absolute atomic E-state index is 0.0630. The van der Waals surface area contributed by atoms with Crippen LogP contribution in [0.3, 0.4) is 0 Å². The Bertz CT molecular complexity index is 548. The van der Waals surface area contributed by atoms with Crippen LogP contribution >= 0.6 is 11.6 Å². The van der Waals surface area contributed by atoms with Crippen LogP contribution in [0.15, 0.2) is 18.2 Å². The van der Waals surface area contributed by atoms with Gasteiger partial charge in [-0.25, -0.2) is 4.79 Å². The molecule has 0 aliphatic rings. The summed E-state index contributed by atoms with van der Waals surface area (Å²) >= 11 is 5.69. The van der Waals surface area contributed by atoms with E-state index >= 15 is 0 Å². The predicted molar refractivity (Wildman–Crippen MR) is 67.6 cm³/mol. The van der Waals surface area contributed by atoms with E-state index in [2.05, 4.69) is 0 Å². The maximum atomic E-state index is 12.3. The van der Waals surface area contributed by atoms with Crippen molar-refractivity contribution in [2.75, 3.05) is 7.11 Å². The number of nitrogens with one attached hydrogen (secondary N) is 1. The number of carboxylic acid groups (broad SMARTS) is 1. The van der Waals surface area contributed by atoms with Gasteiger partial charge in [-0.3, -0.25) is 4.79 Å². The van der Waals surface area contributed by atoms with Crippen LogP contribution in [0.25, 0.3) is 0 Å². The van der Waals surface area contributed by atoms with Crippen LogP contribution in [0, 0.1) is 0 Å². The number of rotatable bonds is 5. The monoisotopic (exact) mass is 325 g/mol. The number of aliphatic carboxylic acids is 1. The number of carboxylic acids is 1. The van der Waals surface area contributed by atoms with Gasteiger partial charge in [0.25, 0.3) is 5.91 Å². The molecule has 9 heteroatoms. The molecule has 0 aliphatic heterocycles. The Morgan fingerprint density at radius 1 is 1.43 bits per heavy atom. The third kappa shape index (κ3) is 5.14. The molecule has 1 unspecified atom stereocenters. The average molecular weight is 326 g/mol. The van der Waals surface area contributed by atoms with E-state index in [-0.39, 0.29) is 16.3 Å². The van der Waals surface area contributed by atoms with Crippen molar-refractivity contribution in [3.05, 3.63) is 28.8 Å². The molecule has 1 atom stereocenters. The van der Waals surface area contributed by atoms with Gasteiger partial charge in [-0.15, -0.1) is 0 Å². The largest absolute Gasteiger partial charge is 0.496 e. The minimum atomic E-state index is -4.73. The molecular formula is C12H11ClF3NO4. The summed E-state index contributed by atoms with van der Waals surface area (Å²) in [7, 11) is 1.25. The summed E-state index contributed by atoms with van der Waals surface area (Å²) < 4.78 is 41.7. The molecule has 0 bridgehead atoms. The molecular weight excluding hydrogens is 315 g/mol. The quantitative estimate of drug-likeness (QED) is 0.872. The van der Waals surface area contributed by atoms with Crippen LogP contribution in [0.4, 0.5) is 13.2 Å². The molecule has 21 heavy (non-hydrogen) atoms. The lowest BCUT2D eigenvalue weighted by Gasteiger charge is -2.17. The molecule has 1 rings (SSSR count). The highest BCUT2D eigenvalue weighted by Gasteiger charge is 2.36. The van der Waals surface area contributed by atoms with E-state index in [4.69, 9.17) is 21.4 Å². The van der Waals surface area contributed by atoms with Crippen molar-refractivity contribution in [2.24, 2.45) is 0 Å². The molecule has 0 saturated heterocycles. The number of benzene rings is 1. The zero-order chi connectivity index (χ0) is 16.2. The number of ether oxygens (including phenoxy) is 1. The topological polar surface area (TPSA) is 75.6 Å². The standard InChI is InChI=1S/C12H11ClF3NO4/c1-21-9-3-2-6(13)4-7(9)10(18)17-8(11(19)20)5-12(14,15)16/h2-4,8H,5H2,1H3,(H,17,18)(H,19,20). The van der Waals surface area contributed by atoms with E-state index < -0.39 is 30.5 Å². The third-order valence-corrected chi connectivity index (χ3v) is 2.68. The number of carbonyl (C=O) groups is 2. The summed E-state index contributed by atoms with van der Waals surface area (Å²) in [5.74, 6) is -2.75. The fourth-order valence-corrected chi connectivity index (χ4v) is 1.70. The summed E-state index contributed by atoms with van der Waals surface area (Å²) in [6.45, 7) is 0. The lowest BCUT2D eigenvalue weighted by Crippen LogP contribution is -2.43. The van der Waals surface area contributed by atoms with E-state index in [1.54, 1.807) is 5.32 Å². The van der Waals surface area contributed by atoms with Gasteiger partial charge in [0.1, 0.15) is 11.8 Å². The first-order valence-corrected chi connectivity index (χ1v) is 5.96. The number of amides is 1. The minimum Gasteiger partial charge on any atom is -0.496 e. The van der Waals surface area contributed by atoms with Gasteiger partial charge in [0.15, 0.2) is 0 Å². The predicted octanol–water partition coefficient (Wildman–Crippen LogP) is 2.48. The normalized spacial score (nSPS) is 12.6. The first-order valence-electron chi connectivity index (χ1n) is 5.58. The number of carbonyl (C=O) groups excluding carboxylic acids is 1. The van der Waals surface area contributed by atoms with Crippen molar-refractivity contribution in [1.82, 2.24) is 5.32 Å². The smallest absolute Gasteiger partial charge is 0.391 e. The summed E-state index contributed by atoms with van der Waals surface area (Å²) in [5, 5.41) is 10.7. The summed E-state index contributed by atoms with van der Waals surface area (Å²) in [4.78, 5) is 22.7. The van der Waals surface area contributed by atoms with Crippen LogP contribution in [0.2, 0.25) is 5.02 Å². The summed E-state index contributed by atoms with van der Waals surface area (Å²) in [6, 6.07) is 1.83. The van der Waals surface area contributed by atoms with Gasteiger partial charge in [0, 0.05) is 5.02 Å². The van der Waals surface area contributed by atoms with Crippen LogP contribution in [-0.4, -0.2) is 36.3 Å². The summed E-state index contributed by atoms with van der Waals surface area (Å²) in [5.41, 5.74) is -0.154. The SMILES string of the molecule is COc1ccc(Cl)cc1C(=O)NC(CC(F)(F)F)C(=O)O. The van der Waals surface area contributed by atoms with Gasteiger partial charge in [0.05, 0.1) is 19.1 Å². The Labute approximate surface area is 122 Å². The van der Waals surface area contributed by atoms with E-state index in [9.17, 15) is 22.8 Å². The molecule has 0 heterocycles. The molecule has 1 aromatic rings. The van der Waals surface area contributed by atoms with Gasteiger partial charge in [-0.1, -0.05) is 11.6 Å². The van der Waals surface area contributed by atoms with Crippen molar-refractivity contribution in [2.45, 2.75) is 18.6 Å². The highest BCUT2D eigenvalue weighted by molar-refractivity contribution is 6.31. The first-order chi connectivity index (χ1) is 9.64. The van der Waals surface area contributed by atoms with E-state index in [1.165, 1.54) is 25.3 Å². The number of halogens is 4. The van der Waals surface area contributed by atoms with Gasteiger partial charge in [0.2, 0.25) is 0 Å². The zero-order valence-corrected chi connectivity index (χ0v) is 11.5. The molecule has 5 nitrogen and oxygen atoms in total. The number of methoxy groups -OCH3 is 1. The Morgan fingerprint density at radius 2 is 2.05 bits per heavy atom. The molecule has 116 valence electrons. The van der Waals surface area contributed by atoms with E-state index in [1.807, 2.05) is 0 Å². The maximum Gasteiger partial charge on any atom is 0.391 e. The molecule has 0 aromatic heterocycles. The average Bonchev–Trinajstić information content (AvgIpc) is 2.36. The summed E-state index contributed by atoms with van der Waals surface area (Å²) in [6.07, 6.45) is -6.41. The van der Waals surface area contributed by atoms with Crippen LogP contribution in [-0.2, 0) is 4.79 Å². The van der Waals surface area contributed by atoms with Gasteiger partial charge in [-0.05, 0) is 18.2 Å². The Hall–Kier alpha value is -1.96. The molecule has 1 aromatic carbocycles. The molecule has 1 amide bonds. The lowest BCUT2D eigenvalue weighted by molar-refractivity contribution is -0.157. The highest BCUT2D eigenvalue weighted by atomic mass is 35.5. The molecule has 0 saturated carbocycles. The second kappa shape index (κ2) is 6.66. The zero-order valence-electron chi connectivity index (χ0n) is 10.7. The fraction of sp³-hybridized carbons (Fsp3) is 0.333. The van der Waals surface area contributed by atoms with Gasteiger partial charge < -0.3 is 15.2 Å². The van der Waals surface area contributed by atoms with Crippen molar-refractivity contribution in [3.8, 4) is 5.75 Å². The van der Waals surface area contributed by atoms with Crippen molar-refractivity contribution >= 4 is 23.5 Å². The molecule has 0 spiro atoms. The Morgan fingerprint density at radius 3 is 2.52 bits per heavy atom. The molecule has 0 fully saturated rings. The molecule has 2 N–H and O–H groups in total. The third-order valence-electron chi connectivity index (χ3n) is 2.45. The lowest BCUT2D eigenvalue weighted by atomic mass is 10.1. The second-order valence-corrected chi connectivity index (χ2v) is 4.46. The second-order valence-electron chi connectivity index (χ2n) is 4.03. The van der Waals surface area contributed by atoms with Gasteiger partial charge >= 0.3 is 12.1 Å². The van der Waals surface area contributed by atoms with Crippen molar-refractivity contribution in [3.63, 3.8) is 0 Å². The molecule has 0 radical (unpaired) electrons. The molecule has 0 aliphatic carbocycles. The van der Waals surface area contributed by atoms with Gasteiger partial charge in [-0.2, -0.15) is 13.2 Å². The number of hydrogen-bond donors (Lipinski definition) is 2. The Kier molecular flexibility index (Phi) is 5.42. The van der Waals surface area contributed by atoms with Crippen LogP contribution in [0.5, 0.6) is 5.75 Å². The van der Waals surface area contributed by atoms with Crippen molar-refractivity contribution in [1.29, 1.82) is 0 Å².